The summed E-state index contributed by atoms with van der Waals surface area (Å²) >= 11 is 0. The summed E-state index contributed by atoms with van der Waals surface area (Å²) in [6.07, 6.45) is 78.3. The van der Waals surface area contributed by atoms with Gasteiger partial charge in [0, 0.05) is 6.42 Å². The Hall–Kier alpha value is -2.32. The second-order valence-corrected chi connectivity index (χ2v) is 23.4. The summed E-state index contributed by atoms with van der Waals surface area (Å²) in [4.78, 5) is 25.5. The molecular weight excluding hydrogens is 936 g/mol. The van der Waals surface area contributed by atoms with Crippen molar-refractivity contribution in [3.05, 3.63) is 85.1 Å². The van der Waals surface area contributed by atoms with Crippen LogP contribution in [0.25, 0.3) is 0 Å². The van der Waals surface area contributed by atoms with Crippen LogP contribution in [-0.4, -0.2) is 68.5 Å². The third-order valence-electron chi connectivity index (χ3n) is 13.6. The fourth-order valence-corrected chi connectivity index (χ4v) is 9.53. The number of nitrogens with zero attached hydrogens (tertiary/aromatic N) is 1. The minimum absolute atomic E-state index is 0.00167. The second-order valence-electron chi connectivity index (χ2n) is 22.0. The summed E-state index contributed by atoms with van der Waals surface area (Å²) < 4.78 is 23.3. The van der Waals surface area contributed by atoms with E-state index in [0.29, 0.717) is 17.4 Å². The lowest BCUT2D eigenvalue weighted by Crippen LogP contribution is -2.45. The zero-order chi connectivity index (χ0) is 54.2. The highest BCUT2D eigenvalue weighted by molar-refractivity contribution is 7.45. The lowest BCUT2D eigenvalue weighted by molar-refractivity contribution is -0.870. The number of aliphatic hydroxyl groups excluding tert-OH is 1. The molecule has 0 aromatic carbocycles. The Labute approximate surface area is 458 Å². The Kier molecular flexibility index (Phi) is 53.7. The van der Waals surface area contributed by atoms with Gasteiger partial charge in [0.25, 0.3) is 7.82 Å². The number of amides is 1. The van der Waals surface area contributed by atoms with E-state index in [1.165, 1.54) is 173 Å². The van der Waals surface area contributed by atoms with E-state index in [1.54, 1.807) is 6.08 Å². The molecule has 0 saturated carbocycles. The third-order valence-corrected chi connectivity index (χ3v) is 14.6. The predicted octanol–water partition coefficient (Wildman–Crippen LogP) is 18.6. The number of likely N-dealkylation sites (N-methyl/N-ethyl adjacent to an activating group) is 1. The molecule has 8 nitrogen and oxygen atoms in total. The van der Waals surface area contributed by atoms with Crippen LogP contribution in [0.4, 0.5) is 0 Å². The van der Waals surface area contributed by atoms with Gasteiger partial charge in [-0.15, -0.1) is 0 Å². The van der Waals surface area contributed by atoms with Crippen molar-refractivity contribution < 1.29 is 32.9 Å². The molecule has 430 valence electrons. The van der Waals surface area contributed by atoms with Gasteiger partial charge < -0.3 is 28.8 Å². The zero-order valence-corrected chi connectivity index (χ0v) is 49.9. The van der Waals surface area contributed by atoms with Crippen molar-refractivity contribution in [2.75, 3.05) is 40.9 Å². The van der Waals surface area contributed by atoms with E-state index < -0.39 is 20.0 Å². The lowest BCUT2D eigenvalue weighted by atomic mass is 10.0. The average molecular weight is 1060 g/mol. The molecule has 74 heavy (non-hydrogen) atoms. The first-order chi connectivity index (χ1) is 36.0. The van der Waals surface area contributed by atoms with Crippen LogP contribution in [0, 0.1) is 0 Å². The van der Waals surface area contributed by atoms with Gasteiger partial charge in [0.05, 0.1) is 39.9 Å². The van der Waals surface area contributed by atoms with Crippen LogP contribution in [0.5, 0.6) is 0 Å². The minimum atomic E-state index is -4.59. The lowest BCUT2D eigenvalue weighted by Gasteiger charge is -2.29. The Bertz CT molecular complexity index is 1480. The van der Waals surface area contributed by atoms with Crippen LogP contribution < -0.4 is 10.2 Å². The quantitative estimate of drug-likeness (QED) is 0.0272. The highest BCUT2D eigenvalue weighted by Gasteiger charge is 2.23. The molecule has 0 fully saturated rings. The predicted molar refractivity (Wildman–Crippen MR) is 320 cm³/mol. The van der Waals surface area contributed by atoms with Crippen LogP contribution in [0.15, 0.2) is 85.1 Å². The first-order valence-corrected chi connectivity index (χ1v) is 32.4. The van der Waals surface area contributed by atoms with Gasteiger partial charge in [0.1, 0.15) is 13.2 Å². The first kappa shape index (κ1) is 71.7. The molecule has 0 aromatic rings. The topological polar surface area (TPSA) is 108 Å². The molecule has 0 saturated heterocycles. The first-order valence-electron chi connectivity index (χ1n) is 30.9. The SMILES string of the molecule is CC/C=C\C/C=C\C/C=C\C/C=C\C/C=C\C/C=C\CCCCCCCCCCCCCCCCCCCCCCC(=O)NC(COP(=O)([O-])OCC[N+](C)(C)C)C(O)/C=C/CCCCCCCCCCCCC. The fourth-order valence-electron chi connectivity index (χ4n) is 8.81. The number of rotatable bonds is 56. The maximum Gasteiger partial charge on any atom is 0.268 e. The maximum atomic E-state index is 13.0. The van der Waals surface area contributed by atoms with Crippen molar-refractivity contribution in [1.82, 2.24) is 5.32 Å². The monoisotopic (exact) mass is 1050 g/mol. The second kappa shape index (κ2) is 55.4. The van der Waals surface area contributed by atoms with E-state index >= 15 is 0 Å². The molecule has 0 aliphatic heterocycles. The molecule has 0 aromatic heterocycles. The Morgan fingerprint density at radius 3 is 1.20 bits per heavy atom. The van der Waals surface area contributed by atoms with Gasteiger partial charge in [-0.2, -0.15) is 0 Å². The van der Waals surface area contributed by atoms with E-state index in [-0.39, 0.29) is 19.1 Å². The number of allylic oxidation sites excluding steroid dienone is 13. The molecule has 0 spiro atoms. The number of carbonyl (C=O) groups is 1. The van der Waals surface area contributed by atoms with E-state index in [1.807, 2.05) is 27.2 Å². The van der Waals surface area contributed by atoms with Crippen LogP contribution >= 0.6 is 7.82 Å². The molecule has 0 radical (unpaired) electrons. The fraction of sp³-hybridized carbons (Fsp3) is 0.769. The van der Waals surface area contributed by atoms with Gasteiger partial charge in [-0.05, 0) is 70.6 Å². The van der Waals surface area contributed by atoms with Gasteiger partial charge in [0.2, 0.25) is 5.91 Å². The van der Waals surface area contributed by atoms with Crippen molar-refractivity contribution >= 4 is 13.7 Å². The molecule has 1 amide bonds. The number of phosphoric acid groups is 1. The maximum absolute atomic E-state index is 13.0. The smallest absolute Gasteiger partial charge is 0.268 e. The zero-order valence-electron chi connectivity index (χ0n) is 49.0. The van der Waals surface area contributed by atoms with Gasteiger partial charge in [-0.25, -0.2) is 0 Å². The van der Waals surface area contributed by atoms with Crippen LogP contribution in [0.3, 0.4) is 0 Å². The third kappa shape index (κ3) is 57.4. The molecule has 0 aliphatic carbocycles. The van der Waals surface area contributed by atoms with E-state index in [2.05, 4.69) is 92.1 Å². The van der Waals surface area contributed by atoms with E-state index in [9.17, 15) is 19.4 Å². The summed E-state index contributed by atoms with van der Waals surface area (Å²) in [5, 5.41) is 13.9. The Balaban J connectivity index is 3.94. The molecule has 0 bridgehead atoms. The normalized spacial score (nSPS) is 14.4. The van der Waals surface area contributed by atoms with Gasteiger partial charge in [-0.3, -0.25) is 9.36 Å². The number of hydrogen-bond acceptors (Lipinski definition) is 6. The minimum Gasteiger partial charge on any atom is -0.756 e. The molecule has 2 N–H and O–H groups in total. The number of nitrogens with one attached hydrogen (secondary N) is 1. The number of quaternary nitrogens is 1. The van der Waals surface area contributed by atoms with Crippen LogP contribution in [0.2, 0.25) is 0 Å². The number of hydrogen-bond donors (Lipinski definition) is 2. The summed E-state index contributed by atoms with van der Waals surface area (Å²) in [5.74, 6) is -0.196. The van der Waals surface area contributed by atoms with Gasteiger partial charge in [0.15, 0.2) is 0 Å². The van der Waals surface area contributed by atoms with Crippen molar-refractivity contribution in [2.45, 2.75) is 283 Å². The molecule has 3 atom stereocenters. The van der Waals surface area contributed by atoms with Crippen molar-refractivity contribution in [3.63, 3.8) is 0 Å². The number of aliphatic hydroxyl groups is 1. The highest BCUT2D eigenvalue weighted by Crippen LogP contribution is 2.38. The van der Waals surface area contributed by atoms with E-state index in [4.69, 9.17) is 9.05 Å². The number of phosphoric ester groups is 1. The molecular formula is C65H119N2O6P. The summed E-state index contributed by atoms with van der Waals surface area (Å²) in [7, 11) is 1.26. The average Bonchev–Trinajstić information content (AvgIpc) is 3.36. The molecule has 0 rings (SSSR count). The number of unbranched alkanes of at least 4 members (excludes halogenated alkanes) is 31. The standard InChI is InChI=1S/C65H119N2O6P/c1-6-8-10-12-14-16-18-20-21-22-23-24-25-26-27-28-29-30-31-32-33-34-35-36-37-38-39-40-41-42-43-44-45-47-49-51-53-55-57-59-65(69)66-63(62-73-74(70,71)72-61-60-67(3,4)5)64(68)58-56-54-52-50-48-46-19-17-15-13-11-9-7-2/h8,10,14,16,20-21,23-24,26-27,29-30,56,58,63-64,68H,6-7,9,11-13,15,17-19,22,25,28,31-55,57,59-62H2,1-5H3,(H-,66,69,70,71)/b10-8-,16-14-,21-20-,24-23-,27-26-,30-29-,58-56+. The Morgan fingerprint density at radius 2 is 0.824 bits per heavy atom. The summed E-state index contributed by atoms with van der Waals surface area (Å²) in [5.41, 5.74) is 0. The molecule has 9 heteroatoms. The van der Waals surface area contributed by atoms with Crippen LogP contribution in [-0.2, 0) is 18.4 Å². The van der Waals surface area contributed by atoms with Crippen molar-refractivity contribution in [3.8, 4) is 0 Å². The number of carbonyl (C=O) groups excluding carboxylic acids is 1. The van der Waals surface area contributed by atoms with Gasteiger partial charge in [-0.1, -0.05) is 279 Å². The molecule has 0 heterocycles. The van der Waals surface area contributed by atoms with Gasteiger partial charge >= 0.3 is 0 Å². The Morgan fingerprint density at radius 1 is 0.486 bits per heavy atom. The molecule has 3 unspecified atom stereocenters. The van der Waals surface area contributed by atoms with Crippen molar-refractivity contribution in [1.29, 1.82) is 0 Å². The highest BCUT2D eigenvalue weighted by atomic mass is 31.2. The van der Waals surface area contributed by atoms with Crippen LogP contribution in [0.1, 0.15) is 271 Å². The summed E-state index contributed by atoms with van der Waals surface area (Å²) in [6.45, 7) is 4.54. The largest absolute Gasteiger partial charge is 0.756 e. The molecule has 0 aliphatic rings. The van der Waals surface area contributed by atoms with E-state index in [0.717, 1.165) is 77.0 Å². The van der Waals surface area contributed by atoms with Crippen molar-refractivity contribution in [2.24, 2.45) is 0 Å². The summed E-state index contributed by atoms with van der Waals surface area (Å²) in [6, 6.07) is -0.887.